The highest BCUT2D eigenvalue weighted by molar-refractivity contribution is 6.30. The highest BCUT2D eigenvalue weighted by Gasteiger charge is 2.31. The van der Waals surface area contributed by atoms with Crippen molar-refractivity contribution in [2.24, 2.45) is 10.2 Å². The summed E-state index contributed by atoms with van der Waals surface area (Å²) >= 11 is 5.97. The summed E-state index contributed by atoms with van der Waals surface area (Å²) in [6.45, 7) is 0. The largest absolute Gasteiger partial charge is 0.509 e. The van der Waals surface area contributed by atoms with Crippen molar-refractivity contribution in [2.75, 3.05) is 5.32 Å². The van der Waals surface area contributed by atoms with Gasteiger partial charge in [-0.3, -0.25) is 4.79 Å². The van der Waals surface area contributed by atoms with Crippen molar-refractivity contribution in [3.8, 4) is 5.75 Å². The molecule has 0 radical (unpaired) electrons. The van der Waals surface area contributed by atoms with Crippen LogP contribution in [-0.4, -0.2) is 16.1 Å². The molecule has 0 heterocycles. The fraction of sp³-hybridized carbons (Fsp3) is 0.0870. The number of hydrogen-bond acceptors (Lipinski definition) is 5. The first-order chi connectivity index (χ1) is 14.5. The van der Waals surface area contributed by atoms with Gasteiger partial charge in [0, 0.05) is 17.1 Å². The number of aliphatic hydroxyl groups is 1. The summed E-state index contributed by atoms with van der Waals surface area (Å²) in [4.78, 5) is 12.8. The number of para-hydroxylation sites is 1. The van der Waals surface area contributed by atoms with Gasteiger partial charge >= 0.3 is 0 Å². The Labute approximate surface area is 178 Å². The monoisotopic (exact) mass is 419 g/mol. The van der Waals surface area contributed by atoms with Gasteiger partial charge < -0.3 is 15.5 Å². The number of nitrogens with zero attached hydrogens (tertiary/aromatic N) is 2. The number of aliphatic hydroxyl groups excluding tert-OH is 1. The third-order valence-electron chi connectivity index (χ3n) is 4.81. The summed E-state index contributed by atoms with van der Waals surface area (Å²) < 4.78 is 0. The molecule has 0 fully saturated rings. The fourth-order valence-corrected chi connectivity index (χ4v) is 3.46. The van der Waals surface area contributed by atoms with Crippen LogP contribution in [0.25, 0.3) is 0 Å². The molecule has 150 valence electrons. The van der Waals surface area contributed by atoms with Crippen LogP contribution in [0.2, 0.25) is 5.02 Å². The predicted molar refractivity (Wildman–Crippen MR) is 115 cm³/mol. The minimum absolute atomic E-state index is 0.0854. The van der Waals surface area contributed by atoms with Crippen LogP contribution in [0.3, 0.4) is 0 Å². The Bertz CT molecular complexity index is 1160. The maximum atomic E-state index is 12.8. The summed E-state index contributed by atoms with van der Waals surface area (Å²) in [7, 11) is 0. The highest BCUT2D eigenvalue weighted by Crippen LogP contribution is 2.38. The second kappa shape index (κ2) is 8.39. The number of azo groups is 1. The molecule has 0 saturated carbocycles. The number of carbonyl (C=O) groups excluding carboxylic acids is 1. The average Bonchev–Trinajstić information content (AvgIpc) is 2.75. The summed E-state index contributed by atoms with van der Waals surface area (Å²) in [6, 6.07) is 20.0. The van der Waals surface area contributed by atoms with Gasteiger partial charge in [-0.15, -0.1) is 0 Å². The van der Waals surface area contributed by atoms with E-state index in [1.807, 2.05) is 42.5 Å². The van der Waals surface area contributed by atoms with Crippen LogP contribution in [0.4, 0.5) is 11.4 Å². The highest BCUT2D eigenvalue weighted by atomic mass is 35.5. The molecule has 7 heteroatoms. The average molecular weight is 420 g/mol. The van der Waals surface area contributed by atoms with Crippen molar-refractivity contribution in [2.45, 2.75) is 12.5 Å². The predicted octanol–water partition coefficient (Wildman–Crippen LogP) is 5.88. The number of aromatic hydroxyl groups is 1. The molecule has 3 N–H and O–H groups in total. The molecule has 1 atom stereocenters. The molecular weight excluding hydrogens is 402 g/mol. The normalized spacial score (nSPS) is 15.8. The van der Waals surface area contributed by atoms with E-state index in [0.717, 1.165) is 11.1 Å². The van der Waals surface area contributed by atoms with Gasteiger partial charge in [-0.25, -0.2) is 0 Å². The quantitative estimate of drug-likeness (QED) is 0.461. The van der Waals surface area contributed by atoms with E-state index >= 15 is 0 Å². The van der Waals surface area contributed by atoms with E-state index in [2.05, 4.69) is 15.5 Å². The molecule has 6 nitrogen and oxygen atoms in total. The van der Waals surface area contributed by atoms with Crippen LogP contribution in [0, 0.1) is 0 Å². The van der Waals surface area contributed by atoms with Crippen LogP contribution in [0.5, 0.6) is 5.75 Å². The van der Waals surface area contributed by atoms with E-state index in [4.69, 9.17) is 11.6 Å². The van der Waals surface area contributed by atoms with E-state index < -0.39 is 11.9 Å². The lowest BCUT2D eigenvalue weighted by Gasteiger charge is -2.24. The number of hydrogen-bond donors (Lipinski definition) is 3. The number of fused-ring (bicyclic) bond motifs is 1. The molecule has 3 aromatic rings. The number of benzene rings is 3. The Balaban J connectivity index is 1.70. The Morgan fingerprint density at radius 3 is 2.53 bits per heavy atom. The van der Waals surface area contributed by atoms with Crippen molar-refractivity contribution in [3.63, 3.8) is 0 Å². The molecule has 4 rings (SSSR count). The summed E-state index contributed by atoms with van der Waals surface area (Å²) in [5.74, 6) is -0.663. The van der Waals surface area contributed by atoms with Crippen molar-refractivity contribution in [3.05, 3.63) is 100 Å². The van der Waals surface area contributed by atoms with Gasteiger partial charge in [0.25, 0.3) is 5.91 Å². The number of phenols is 1. The first-order valence-corrected chi connectivity index (χ1v) is 9.66. The zero-order valence-corrected chi connectivity index (χ0v) is 16.5. The number of halogens is 1. The lowest BCUT2D eigenvalue weighted by Crippen LogP contribution is -2.23. The number of phenolic OH excluding ortho intramolecular Hbond substituents is 1. The fourth-order valence-electron chi connectivity index (χ4n) is 3.29. The van der Waals surface area contributed by atoms with Gasteiger partial charge in [-0.2, -0.15) is 10.2 Å². The van der Waals surface area contributed by atoms with Crippen LogP contribution in [-0.2, 0) is 11.2 Å². The molecule has 1 unspecified atom stereocenters. The molecule has 1 aliphatic carbocycles. The molecule has 0 bridgehead atoms. The Kier molecular flexibility index (Phi) is 5.50. The van der Waals surface area contributed by atoms with Gasteiger partial charge in [0.15, 0.2) is 6.04 Å². The Morgan fingerprint density at radius 2 is 1.73 bits per heavy atom. The van der Waals surface area contributed by atoms with E-state index in [1.54, 1.807) is 12.1 Å². The van der Waals surface area contributed by atoms with Crippen LogP contribution >= 0.6 is 11.6 Å². The van der Waals surface area contributed by atoms with Crippen LogP contribution in [0.15, 0.2) is 94.4 Å². The number of amides is 1. The SMILES string of the molecule is O=C(Nc1ccccc1)C1=C(O)C(N=Nc2cc(Cl)ccc2O)c2ccccc2C1. The van der Waals surface area contributed by atoms with Gasteiger partial charge in [0.05, 0.1) is 5.57 Å². The first-order valence-electron chi connectivity index (χ1n) is 9.28. The molecule has 3 aromatic carbocycles. The van der Waals surface area contributed by atoms with Crippen molar-refractivity contribution >= 4 is 28.9 Å². The number of carbonyl (C=O) groups is 1. The van der Waals surface area contributed by atoms with E-state index in [1.165, 1.54) is 18.2 Å². The summed E-state index contributed by atoms with van der Waals surface area (Å²) in [5.41, 5.74) is 2.64. The number of nitrogens with one attached hydrogen (secondary N) is 1. The number of anilines is 1. The second-order valence-electron chi connectivity index (χ2n) is 6.81. The van der Waals surface area contributed by atoms with Gasteiger partial charge in [0.1, 0.15) is 17.2 Å². The first kappa shape index (κ1) is 19.7. The Hall–Kier alpha value is -3.64. The third-order valence-corrected chi connectivity index (χ3v) is 5.04. The molecular formula is C23H18ClN3O3. The van der Waals surface area contributed by atoms with Gasteiger partial charge in [-0.05, 0) is 41.5 Å². The zero-order valence-electron chi connectivity index (χ0n) is 15.8. The van der Waals surface area contributed by atoms with Gasteiger partial charge in [0.2, 0.25) is 0 Å². The van der Waals surface area contributed by atoms with Crippen LogP contribution in [0.1, 0.15) is 17.2 Å². The summed E-state index contributed by atoms with van der Waals surface area (Å²) in [5, 5.41) is 32.4. The van der Waals surface area contributed by atoms with Crippen molar-refractivity contribution in [1.82, 2.24) is 0 Å². The second-order valence-corrected chi connectivity index (χ2v) is 7.25. The van der Waals surface area contributed by atoms with E-state index in [9.17, 15) is 15.0 Å². The zero-order chi connectivity index (χ0) is 21.1. The minimum Gasteiger partial charge on any atom is -0.509 e. The third kappa shape index (κ3) is 4.04. The number of rotatable bonds is 4. The van der Waals surface area contributed by atoms with Crippen molar-refractivity contribution in [1.29, 1.82) is 0 Å². The van der Waals surface area contributed by atoms with Crippen LogP contribution < -0.4 is 5.32 Å². The molecule has 0 saturated heterocycles. The molecule has 1 aliphatic rings. The lowest BCUT2D eigenvalue weighted by atomic mass is 9.86. The molecule has 30 heavy (non-hydrogen) atoms. The Morgan fingerprint density at radius 1 is 1.00 bits per heavy atom. The maximum absolute atomic E-state index is 12.8. The van der Waals surface area contributed by atoms with Crippen molar-refractivity contribution < 1.29 is 15.0 Å². The lowest BCUT2D eigenvalue weighted by molar-refractivity contribution is -0.113. The maximum Gasteiger partial charge on any atom is 0.255 e. The standard InChI is InChI=1S/C23H18ClN3O3/c24-15-10-11-20(28)19(13-15)26-27-21-17-9-5-4-6-14(17)12-18(22(21)29)23(30)25-16-7-2-1-3-8-16/h1-11,13,21,28-29H,12H2,(H,25,30). The van der Waals surface area contributed by atoms with E-state index in [-0.39, 0.29) is 29.2 Å². The molecule has 0 aromatic heterocycles. The summed E-state index contributed by atoms with van der Waals surface area (Å²) in [6.07, 6.45) is 0.273. The van der Waals surface area contributed by atoms with E-state index in [0.29, 0.717) is 10.7 Å². The topological polar surface area (TPSA) is 94.3 Å². The molecule has 0 spiro atoms. The molecule has 1 amide bonds. The molecule has 0 aliphatic heterocycles. The van der Waals surface area contributed by atoms with Gasteiger partial charge in [-0.1, -0.05) is 54.1 Å². The smallest absolute Gasteiger partial charge is 0.255 e. The minimum atomic E-state index is -0.871.